The molecule has 22 heavy (non-hydrogen) atoms. The summed E-state index contributed by atoms with van der Waals surface area (Å²) in [5.74, 6) is 0.218. The molecule has 122 valence electrons. The van der Waals surface area contributed by atoms with E-state index >= 15 is 0 Å². The first-order valence-corrected chi connectivity index (χ1v) is 8.50. The first-order valence-electron chi connectivity index (χ1n) is 8.50. The van der Waals surface area contributed by atoms with Crippen LogP contribution in [0.4, 0.5) is 0 Å². The lowest BCUT2D eigenvalue weighted by molar-refractivity contribution is -0.134. The minimum absolute atomic E-state index is 0.218. The number of nitrogens with zero attached hydrogens (tertiary/aromatic N) is 2. The van der Waals surface area contributed by atoms with Crippen LogP contribution in [0, 0.1) is 0 Å². The van der Waals surface area contributed by atoms with Gasteiger partial charge in [-0.15, -0.1) is 0 Å². The van der Waals surface area contributed by atoms with E-state index in [-0.39, 0.29) is 5.91 Å². The number of piperidine rings is 1. The molecule has 4 heteroatoms. The molecule has 1 unspecified atom stereocenters. The summed E-state index contributed by atoms with van der Waals surface area (Å²) in [6.07, 6.45) is 3.75. The zero-order valence-electron chi connectivity index (χ0n) is 13.7. The second-order valence-electron chi connectivity index (χ2n) is 6.14. The zero-order chi connectivity index (χ0) is 15.8. The van der Waals surface area contributed by atoms with E-state index in [1.807, 2.05) is 0 Å². The van der Waals surface area contributed by atoms with Crippen molar-refractivity contribution in [2.75, 3.05) is 26.2 Å². The Balaban J connectivity index is 1.96. The molecule has 1 amide bonds. The minimum Gasteiger partial charge on any atom is -0.338 e. The summed E-state index contributed by atoms with van der Waals surface area (Å²) in [6, 6.07) is 10.9. The largest absolute Gasteiger partial charge is 0.338 e. The van der Waals surface area contributed by atoms with Gasteiger partial charge in [0, 0.05) is 38.6 Å². The molecule has 2 rings (SSSR count). The van der Waals surface area contributed by atoms with Crippen molar-refractivity contribution in [1.82, 2.24) is 9.80 Å². The van der Waals surface area contributed by atoms with Gasteiger partial charge in [-0.05, 0) is 31.4 Å². The van der Waals surface area contributed by atoms with Gasteiger partial charge in [-0.25, -0.2) is 0 Å². The number of carbonyl (C=O) groups is 1. The van der Waals surface area contributed by atoms with Gasteiger partial charge < -0.3 is 10.6 Å². The molecule has 1 heterocycles. The third-order valence-electron chi connectivity index (χ3n) is 4.31. The summed E-state index contributed by atoms with van der Waals surface area (Å²) < 4.78 is 0. The Kier molecular flexibility index (Phi) is 6.87. The maximum Gasteiger partial charge on any atom is 0.224 e. The van der Waals surface area contributed by atoms with E-state index in [1.165, 1.54) is 5.56 Å². The normalized spacial score (nSPS) is 19.1. The van der Waals surface area contributed by atoms with E-state index in [9.17, 15) is 4.79 Å². The molecule has 1 aromatic rings. The topological polar surface area (TPSA) is 49.6 Å². The maximum atomic E-state index is 12.3. The van der Waals surface area contributed by atoms with Crippen LogP contribution in [0.15, 0.2) is 30.3 Å². The van der Waals surface area contributed by atoms with Gasteiger partial charge in [-0.3, -0.25) is 9.69 Å². The van der Waals surface area contributed by atoms with E-state index in [1.54, 1.807) is 0 Å². The van der Waals surface area contributed by atoms with Crippen LogP contribution < -0.4 is 5.73 Å². The molecular formula is C18H29N3O. The van der Waals surface area contributed by atoms with E-state index in [0.717, 1.165) is 45.4 Å². The standard InChI is InChI=1S/C18H29N3O/c1-2-12-21(18(22)10-11-19)17-9-6-13-20(15-17)14-16-7-4-3-5-8-16/h3-5,7-8,17H,2,6,9-15,19H2,1H3. The van der Waals surface area contributed by atoms with E-state index in [0.29, 0.717) is 19.0 Å². The molecule has 1 aliphatic heterocycles. The van der Waals surface area contributed by atoms with Crippen molar-refractivity contribution in [2.45, 2.75) is 45.2 Å². The lowest BCUT2D eigenvalue weighted by Gasteiger charge is -2.39. The van der Waals surface area contributed by atoms with Crippen LogP contribution >= 0.6 is 0 Å². The van der Waals surface area contributed by atoms with Gasteiger partial charge in [0.2, 0.25) is 5.91 Å². The highest BCUT2D eigenvalue weighted by Crippen LogP contribution is 2.19. The number of rotatable bonds is 7. The summed E-state index contributed by atoms with van der Waals surface area (Å²) >= 11 is 0. The predicted octanol–water partition coefficient (Wildman–Crippen LogP) is 2.24. The monoisotopic (exact) mass is 303 g/mol. The van der Waals surface area contributed by atoms with Crippen LogP contribution in [0.3, 0.4) is 0 Å². The van der Waals surface area contributed by atoms with Crippen LogP contribution in [0.2, 0.25) is 0 Å². The van der Waals surface area contributed by atoms with E-state index in [2.05, 4.69) is 47.1 Å². The number of amides is 1. The molecule has 0 aromatic heterocycles. The fourth-order valence-corrected chi connectivity index (χ4v) is 3.29. The lowest BCUT2D eigenvalue weighted by atomic mass is 10.0. The van der Waals surface area contributed by atoms with Crippen molar-refractivity contribution in [3.63, 3.8) is 0 Å². The van der Waals surface area contributed by atoms with Crippen molar-refractivity contribution >= 4 is 5.91 Å². The molecule has 0 saturated carbocycles. The second-order valence-corrected chi connectivity index (χ2v) is 6.14. The van der Waals surface area contributed by atoms with Gasteiger partial charge >= 0.3 is 0 Å². The predicted molar refractivity (Wildman–Crippen MR) is 90.4 cm³/mol. The maximum absolute atomic E-state index is 12.3. The number of carbonyl (C=O) groups excluding carboxylic acids is 1. The summed E-state index contributed by atoms with van der Waals surface area (Å²) in [5, 5.41) is 0. The smallest absolute Gasteiger partial charge is 0.224 e. The zero-order valence-corrected chi connectivity index (χ0v) is 13.7. The number of hydrogen-bond donors (Lipinski definition) is 1. The van der Waals surface area contributed by atoms with Gasteiger partial charge in [-0.2, -0.15) is 0 Å². The highest BCUT2D eigenvalue weighted by molar-refractivity contribution is 5.76. The van der Waals surface area contributed by atoms with Gasteiger partial charge in [0.1, 0.15) is 0 Å². The van der Waals surface area contributed by atoms with Gasteiger partial charge in [0.15, 0.2) is 0 Å². The Hall–Kier alpha value is -1.39. The van der Waals surface area contributed by atoms with Crippen molar-refractivity contribution in [2.24, 2.45) is 5.73 Å². The lowest BCUT2D eigenvalue weighted by Crippen LogP contribution is -2.50. The number of likely N-dealkylation sites (tertiary alicyclic amines) is 1. The molecule has 0 bridgehead atoms. The highest BCUT2D eigenvalue weighted by Gasteiger charge is 2.27. The molecule has 4 nitrogen and oxygen atoms in total. The third kappa shape index (κ3) is 4.82. The summed E-state index contributed by atoms with van der Waals surface area (Å²) in [7, 11) is 0. The number of nitrogens with two attached hydrogens (primary N) is 1. The quantitative estimate of drug-likeness (QED) is 0.840. The van der Waals surface area contributed by atoms with Crippen LogP contribution in [-0.2, 0) is 11.3 Å². The fraction of sp³-hybridized carbons (Fsp3) is 0.611. The minimum atomic E-state index is 0.218. The first-order chi connectivity index (χ1) is 10.7. The first kappa shape index (κ1) is 17.0. The number of hydrogen-bond acceptors (Lipinski definition) is 3. The second kappa shape index (κ2) is 8.91. The van der Waals surface area contributed by atoms with Crippen LogP contribution in [0.25, 0.3) is 0 Å². The van der Waals surface area contributed by atoms with Crippen LogP contribution in [0.5, 0.6) is 0 Å². The van der Waals surface area contributed by atoms with Gasteiger partial charge in [-0.1, -0.05) is 37.3 Å². The molecule has 1 saturated heterocycles. The van der Waals surface area contributed by atoms with Gasteiger partial charge in [0.05, 0.1) is 0 Å². The molecule has 0 radical (unpaired) electrons. The Morgan fingerprint density at radius 1 is 1.36 bits per heavy atom. The highest BCUT2D eigenvalue weighted by atomic mass is 16.2. The molecule has 1 aliphatic rings. The van der Waals surface area contributed by atoms with Crippen molar-refractivity contribution in [3.8, 4) is 0 Å². The van der Waals surface area contributed by atoms with Crippen molar-refractivity contribution in [1.29, 1.82) is 0 Å². The van der Waals surface area contributed by atoms with Crippen molar-refractivity contribution in [3.05, 3.63) is 35.9 Å². The Morgan fingerprint density at radius 3 is 2.82 bits per heavy atom. The van der Waals surface area contributed by atoms with E-state index in [4.69, 9.17) is 5.73 Å². The Morgan fingerprint density at radius 2 is 2.14 bits per heavy atom. The number of benzene rings is 1. The summed E-state index contributed by atoms with van der Waals surface area (Å²) in [5.41, 5.74) is 6.91. The molecule has 1 atom stereocenters. The van der Waals surface area contributed by atoms with Crippen LogP contribution in [-0.4, -0.2) is 47.9 Å². The third-order valence-corrected chi connectivity index (χ3v) is 4.31. The summed E-state index contributed by atoms with van der Waals surface area (Å²) in [4.78, 5) is 16.9. The molecule has 0 spiro atoms. The molecule has 1 fully saturated rings. The van der Waals surface area contributed by atoms with Crippen molar-refractivity contribution < 1.29 is 4.79 Å². The Bertz CT molecular complexity index is 449. The molecule has 1 aromatic carbocycles. The fourth-order valence-electron chi connectivity index (χ4n) is 3.29. The Labute approximate surface area is 134 Å². The molecule has 0 aliphatic carbocycles. The average Bonchev–Trinajstić information content (AvgIpc) is 2.54. The molecule has 2 N–H and O–H groups in total. The molecular weight excluding hydrogens is 274 g/mol. The van der Waals surface area contributed by atoms with Crippen LogP contribution in [0.1, 0.15) is 38.2 Å². The SMILES string of the molecule is CCCN(C(=O)CCN)C1CCCN(Cc2ccccc2)C1. The average molecular weight is 303 g/mol. The van der Waals surface area contributed by atoms with E-state index < -0.39 is 0 Å². The summed E-state index contributed by atoms with van der Waals surface area (Å²) in [6.45, 7) is 6.50. The van der Waals surface area contributed by atoms with Gasteiger partial charge in [0.25, 0.3) is 0 Å².